The van der Waals surface area contributed by atoms with Crippen LogP contribution in [0.15, 0.2) is 96.2 Å². The maximum atomic E-state index is 11.3. The quantitative estimate of drug-likeness (QED) is 0.0966. The van der Waals surface area contributed by atoms with E-state index in [-0.39, 0.29) is 23.5 Å². The van der Waals surface area contributed by atoms with E-state index in [9.17, 15) is 15.3 Å². The van der Waals surface area contributed by atoms with Gasteiger partial charge in [0.2, 0.25) is 11.8 Å². The van der Waals surface area contributed by atoms with Gasteiger partial charge in [-0.2, -0.15) is 14.8 Å². The number of tetrazole rings is 1. The van der Waals surface area contributed by atoms with Crippen molar-refractivity contribution in [1.82, 2.24) is 39.7 Å². The number of aliphatic hydroxyl groups excluding tert-OH is 2. The van der Waals surface area contributed by atoms with Gasteiger partial charge in [-0.1, -0.05) is 60.7 Å². The topological polar surface area (TPSA) is 211 Å². The maximum Gasteiger partial charge on any atom is 0.229 e. The van der Waals surface area contributed by atoms with Crippen LogP contribution < -0.4 is 16.0 Å². The van der Waals surface area contributed by atoms with Crippen molar-refractivity contribution in [3.05, 3.63) is 114 Å². The monoisotopic (exact) mass is 716 g/mol. The molecule has 2 aliphatic heterocycles. The Kier molecular flexibility index (Phi) is 9.39. The summed E-state index contributed by atoms with van der Waals surface area (Å²) < 4.78 is 7.83. The van der Waals surface area contributed by atoms with Gasteiger partial charge in [0.1, 0.15) is 23.8 Å². The summed E-state index contributed by atoms with van der Waals surface area (Å²) in [6.45, 7) is 4.00. The minimum atomic E-state index is -1.34. The SMILES string of the molecule is CCn1nnc([C@H]2O[C@@H](n3cnc4c(NCC(c5ccccc5)c5ccccc5)nc(N5CCC(N=C(N)c6ccc(O)cc6)C5)nc43)[C@@H](O)[C@@H]2O)n1. The molecule has 5 heterocycles. The molecule has 8 rings (SSSR count). The van der Waals surface area contributed by atoms with Crippen molar-refractivity contribution in [3.63, 3.8) is 0 Å². The number of ether oxygens (including phenoxy) is 1. The Balaban J connectivity index is 1.13. The summed E-state index contributed by atoms with van der Waals surface area (Å²) in [5.74, 6) is 1.66. The van der Waals surface area contributed by atoms with E-state index < -0.39 is 24.5 Å². The fourth-order valence-electron chi connectivity index (χ4n) is 6.89. The lowest BCUT2D eigenvalue weighted by atomic mass is 9.91. The molecule has 2 saturated heterocycles. The second-order valence-electron chi connectivity index (χ2n) is 13.2. The molecule has 3 aromatic heterocycles. The Morgan fingerprint density at radius 2 is 1.70 bits per heavy atom. The van der Waals surface area contributed by atoms with E-state index in [1.165, 1.54) is 11.1 Å². The first kappa shape index (κ1) is 34.1. The fraction of sp³-hybridized carbons (Fsp3) is 0.324. The van der Waals surface area contributed by atoms with Gasteiger partial charge in [-0.05, 0) is 54.0 Å². The average Bonchev–Trinajstić information content (AvgIpc) is 4.00. The number of phenols is 1. The summed E-state index contributed by atoms with van der Waals surface area (Å²) in [4.78, 5) is 22.9. The summed E-state index contributed by atoms with van der Waals surface area (Å²) in [6, 6.07) is 27.1. The third kappa shape index (κ3) is 6.86. The van der Waals surface area contributed by atoms with Crippen molar-refractivity contribution in [3.8, 4) is 5.75 Å². The van der Waals surface area contributed by atoms with Crippen LogP contribution in [0.25, 0.3) is 11.2 Å². The lowest BCUT2D eigenvalue weighted by Gasteiger charge is -2.22. The zero-order valence-electron chi connectivity index (χ0n) is 29.0. The molecule has 5 atom stereocenters. The van der Waals surface area contributed by atoms with E-state index >= 15 is 0 Å². The summed E-state index contributed by atoms with van der Waals surface area (Å²) >= 11 is 0. The van der Waals surface area contributed by atoms with E-state index in [1.807, 2.05) is 48.2 Å². The molecule has 3 aromatic carbocycles. The molecule has 6 N–H and O–H groups in total. The first-order chi connectivity index (χ1) is 25.9. The van der Waals surface area contributed by atoms with Crippen molar-refractivity contribution in [1.29, 1.82) is 0 Å². The number of nitrogens with one attached hydrogen (secondary N) is 1. The highest BCUT2D eigenvalue weighted by Gasteiger charge is 2.47. The number of hydrogen-bond acceptors (Lipinski definition) is 13. The van der Waals surface area contributed by atoms with Crippen molar-refractivity contribution >= 4 is 28.8 Å². The maximum absolute atomic E-state index is 11.3. The molecular weight excluding hydrogens is 676 g/mol. The van der Waals surface area contributed by atoms with Gasteiger partial charge in [0.25, 0.3) is 0 Å². The highest BCUT2D eigenvalue weighted by Crippen LogP contribution is 2.39. The van der Waals surface area contributed by atoms with E-state index in [4.69, 9.17) is 30.4 Å². The Labute approximate surface area is 304 Å². The van der Waals surface area contributed by atoms with Gasteiger partial charge in [0.05, 0.1) is 18.9 Å². The highest BCUT2D eigenvalue weighted by molar-refractivity contribution is 5.97. The number of nitrogens with zero attached hydrogens (tertiary/aromatic N) is 10. The Bertz CT molecular complexity index is 2160. The van der Waals surface area contributed by atoms with Gasteiger partial charge < -0.3 is 36.0 Å². The number of aliphatic hydroxyl groups is 2. The number of aromatic nitrogens is 8. The zero-order valence-corrected chi connectivity index (χ0v) is 29.0. The molecule has 6 aromatic rings. The van der Waals surface area contributed by atoms with Crippen LogP contribution in [0.5, 0.6) is 5.75 Å². The van der Waals surface area contributed by atoms with Crippen LogP contribution in [0.3, 0.4) is 0 Å². The summed E-state index contributed by atoms with van der Waals surface area (Å²) in [6.07, 6.45) is -2.47. The molecule has 0 radical (unpaired) electrons. The van der Waals surface area contributed by atoms with E-state index in [2.05, 4.69) is 45.0 Å². The molecule has 0 amide bonds. The van der Waals surface area contributed by atoms with Crippen molar-refractivity contribution in [2.75, 3.05) is 29.9 Å². The molecule has 0 saturated carbocycles. The number of aromatic hydroxyl groups is 1. The number of fused-ring (bicyclic) bond motifs is 1. The molecule has 0 aliphatic carbocycles. The van der Waals surface area contributed by atoms with Gasteiger partial charge in [-0.25, -0.2) is 4.98 Å². The number of nitrogens with two attached hydrogens (primary N) is 1. The largest absolute Gasteiger partial charge is 0.508 e. The van der Waals surface area contributed by atoms with Crippen LogP contribution in [0.1, 0.15) is 54.1 Å². The predicted octanol–water partition coefficient (Wildman–Crippen LogP) is 2.76. The van der Waals surface area contributed by atoms with Gasteiger partial charge in [-0.15, -0.1) is 10.2 Å². The highest BCUT2D eigenvalue weighted by atomic mass is 16.6. The summed E-state index contributed by atoms with van der Waals surface area (Å²) in [7, 11) is 0. The molecule has 2 fully saturated rings. The third-order valence-electron chi connectivity index (χ3n) is 9.74. The van der Waals surface area contributed by atoms with Crippen LogP contribution >= 0.6 is 0 Å². The normalized spacial score (nSPS) is 21.9. The smallest absolute Gasteiger partial charge is 0.229 e. The van der Waals surface area contributed by atoms with Gasteiger partial charge in [0.15, 0.2) is 29.3 Å². The van der Waals surface area contributed by atoms with Crippen LogP contribution in [-0.2, 0) is 11.3 Å². The molecule has 0 bridgehead atoms. The number of phenolic OH excluding ortho intramolecular Hbond substituents is 1. The Morgan fingerprint density at radius 1 is 0.981 bits per heavy atom. The lowest BCUT2D eigenvalue weighted by Crippen LogP contribution is -2.29. The number of hydrogen-bond donors (Lipinski definition) is 5. The molecular formula is C37H40N12O4. The number of aryl methyl sites for hydroxylation is 1. The molecule has 0 spiro atoms. The van der Waals surface area contributed by atoms with E-state index in [1.54, 1.807) is 28.8 Å². The number of aliphatic imine (C=N–C) groups is 1. The number of amidine groups is 1. The third-order valence-corrected chi connectivity index (χ3v) is 9.74. The minimum Gasteiger partial charge on any atom is -0.508 e. The molecule has 16 nitrogen and oxygen atoms in total. The van der Waals surface area contributed by atoms with Crippen LogP contribution in [0.2, 0.25) is 0 Å². The Hall–Kier alpha value is -5.97. The van der Waals surface area contributed by atoms with E-state index in [0.717, 1.165) is 23.1 Å². The summed E-state index contributed by atoms with van der Waals surface area (Å²) in [5.41, 5.74) is 10.3. The van der Waals surface area contributed by atoms with E-state index in [0.29, 0.717) is 54.9 Å². The van der Waals surface area contributed by atoms with Crippen molar-refractivity contribution in [2.45, 2.75) is 56.4 Å². The second-order valence-corrected chi connectivity index (χ2v) is 13.2. The summed E-state index contributed by atoms with van der Waals surface area (Å²) in [5, 5.41) is 47.9. The van der Waals surface area contributed by atoms with Gasteiger partial charge in [-0.3, -0.25) is 9.56 Å². The first-order valence-corrected chi connectivity index (χ1v) is 17.6. The standard InChI is InChI=1S/C37H40N12O4/c1-2-49-45-34(44-46-49)31-29(51)30(52)36(53-31)48-21-40-28-33(39-19-27(22-9-5-3-6-10-22)23-11-7-4-8-12-23)42-37(43-35(28)48)47-18-17-25(20-47)41-32(38)24-13-15-26(50)16-14-24/h3-16,21,25,27,29-31,36,50-52H,2,17-20H2,1H3,(H2,38,41)(H,39,42,43)/t25?,29-,30-,31-,36+/m0/s1. The molecule has 2 aliphatic rings. The van der Waals surface area contributed by atoms with Gasteiger partial charge in [0, 0.05) is 31.1 Å². The zero-order chi connectivity index (χ0) is 36.5. The number of benzene rings is 3. The molecule has 1 unspecified atom stereocenters. The predicted molar refractivity (Wildman–Crippen MR) is 196 cm³/mol. The van der Waals surface area contributed by atoms with Crippen molar-refractivity contribution < 1.29 is 20.1 Å². The average molecular weight is 717 g/mol. The Morgan fingerprint density at radius 3 is 2.38 bits per heavy atom. The van der Waals surface area contributed by atoms with Crippen LogP contribution in [-0.4, -0.2) is 98.8 Å². The number of imidazole rings is 1. The fourth-order valence-corrected chi connectivity index (χ4v) is 6.89. The molecule has 16 heteroatoms. The minimum absolute atomic E-state index is 0.00117. The second kappa shape index (κ2) is 14.6. The van der Waals surface area contributed by atoms with Gasteiger partial charge >= 0.3 is 0 Å². The van der Waals surface area contributed by atoms with Crippen LogP contribution in [0.4, 0.5) is 11.8 Å². The molecule has 272 valence electrons. The van der Waals surface area contributed by atoms with Crippen molar-refractivity contribution in [2.24, 2.45) is 10.7 Å². The number of rotatable bonds is 11. The van der Waals surface area contributed by atoms with Crippen LogP contribution in [0, 0.1) is 0 Å². The molecule has 53 heavy (non-hydrogen) atoms. The lowest BCUT2D eigenvalue weighted by molar-refractivity contribution is -0.0384. The number of anilines is 2. The first-order valence-electron chi connectivity index (χ1n) is 17.6.